The fraction of sp³-hybridized carbons (Fsp3) is 0.231. The standard InChI is InChI=1S/C13H14N2O4/c1-8-9(2)15(19)13(14(8)7-12(17)18)10-5-3-4-6-11(10)16/h3-6,19H,7H2,1-2H3,(H,17,18). The van der Waals surface area contributed by atoms with Gasteiger partial charge in [0, 0.05) is 5.70 Å². The molecule has 1 aliphatic heterocycles. The van der Waals surface area contributed by atoms with Crippen molar-refractivity contribution < 1.29 is 19.9 Å². The predicted octanol–water partition coefficient (Wildman–Crippen LogP) is 1.24. The summed E-state index contributed by atoms with van der Waals surface area (Å²) in [6, 6.07) is 0. The number of rotatable bonds is 2. The first-order valence-electron chi connectivity index (χ1n) is 5.72. The smallest absolute Gasteiger partial charge is 0.323 e. The first kappa shape index (κ1) is 13.1. The minimum absolute atomic E-state index is 0.183. The van der Waals surface area contributed by atoms with Crippen molar-refractivity contribution in [1.29, 1.82) is 0 Å². The number of allylic oxidation sites excluding steroid dienone is 7. The third-order valence-corrected chi connectivity index (χ3v) is 3.12. The molecular formula is C13H14N2O4. The summed E-state index contributed by atoms with van der Waals surface area (Å²) in [5.41, 5.74) is 1.37. The van der Waals surface area contributed by atoms with Crippen molar-refractivity contribution in [2.75, 3.05) is 6.54 Å². The van der Waals surface area contributed by atoms with Crippen LogP contribution in [-0.2, 0) is 9.59 Å². The Morgan fingerprint density at radius 1 is 1.21 bits per heavy atom. The van der Waals surface area contributed by atoms with Crippen LogP contribution in [0.25, 0.3) is 0 Å². The number of nitrogens with zero attached hydrogens (tertiary/aromatic N) is 2. The summed E-state index contributed by atoms with van der Waals surface area (Å²) >= 11 is 0. The molecule has 0 fully saturated rings. The number of hydrogen-bond acceptors (Lipinski definition) is 5. The van der Waals surface area contributed by atoms with Gasteiger partial charge in [0.05, 0.1) is 11.3 Å². The van der Waals surface area contributed by atoms with E-state index in [1.54, 1.807) is 32.1 Å². The van der Waals surface area contributed by atoms with Gasteiger partial charge in [-0.2, -0.15) is 0 Å². The maximum absolute atomic E-state index is 11.8. The third-order valence-electron chi connectivity index (χ3n) is 3.12. The quantitative estimate of drug-likeness (QED) is 0.729. The molecule has 0 amide bonds. The van der Waals surface area contributed by atoms with Crippen LogP contribution in [0.2, 0.25) is 0 Å². The largest absolute Gasteiger partial charge is 0.480 e. The Kier molecular flexibility index (Phi) is 3.26. The van der Waals surface area contributed by atoms with Crippen molar-refractivity contribution in [3.05, 3.63) is 47.1 Å². The van der Waals surface area contributed by atoms with Gasteiger partial charge in [0.25, 0.3) is 0 Å². The monoisotopic (exact) mass is 262 g/mol. The molecular weight excluding hydrogens is 248 g/mol. The van der Waals surface area contributed by atoms with Crippen molar-refractivity contribution in [3.63, 3.8) is 0 Å². The molecule has 0 aromatic rings. The van der Waals surface area contributed by atoms with E-state index in [1.165, 1.54) is 11.0 Å². The average molecular weight is 262 g/mol. The van der Waals surface area contributed by atoms with Gasteiger partial charge < -0.3 is 10.0 Å². The minimum atomic E-state index is -1.04. The van der Waals surface area contributed by atoms with Gasteiger partial charge in [-0.05, 0) is 26.0 Å². The Bertz CT molecular complexity index is 569. The molecule has 0 unspecified atom stereocenters. The number of carboxylic acids is 1. The molecule has 1 heterocycles. The third kappa shape index (κ3) is 2.17. The molecule has 2 N–H and O–H groups in total. The molecule has 0 aromatic heterocycles. The molecule has 0 atom stereocenters. The topological polar surface area (TPSA) is 81.1 Å². The Morgan fingerprint density at radius 3 is 2.42 bits per heavy atom. The number of hydrogen-bond donors (Lipinski definition) is 2. The minimum Gasteiger partial charge on any atom is -0.480 e. The lowest BCUT2D eigenvalue weighted by Crippen LogP contribution is -2.30. The van der Waals surface area contributed by atoms with E-state index in [1.807, 2.05) is 0 Å². The molecule has 1 aliphatic carbocycles. The van der Waals surface area contributed by atoms with E-state index >= 15 is 0 Å². The second-order valence-corrected chi connectivity index (χ2v) is 4.28. The molecule has 100 valence electrons. The summed E-state index contributed by atoms with van der Waals surface area (Å²) in [7, 11) is 0. The number of carboxylic acid groups (broad SMARTS) is 1. The molecule has 19 heavy (non-hydrogen) atoms. The summed E-state index contributed by atoms with van der Waals surface area (Å²) in [6.45, 7) is 3.04. The Balaban J connectivity index is 2.52. The molecule has 0 radical (unpaired) electrons. The fourth-order valence-corrected chi connectivity index (χ4v) is 2.02. The maximum Gasteiger partial charge on any atom is 0.323 e. The summed E-state index contributed by atoms with van der Waals surface area (Å²) < 4.78 is 0. The maximum atomic E-state index is 11.8. The second kappa shape index (κ2) is 4.74. The van der Waals surface area contributed by atoms with Crippen molar-refractivity contribution in [2.24, 2.45) is 0 Å². The molecule has 6 nitrogen and oxygen atoms in total. The van der Waals surface area contributed by atoms with Gasteiger partial charge in [-0.15, -0.1) is 0 Å². The first-order chi connectivity index (χ1) is 8.93. The highest BCUT2D eigenvalue weighted by Gasteiger charge is 2.33. The number of aliphatic carboxylic acids is 1. The van der Waals surface area contributed by atoms with Crippen LogP contribution in [-0.4, -0.2) is 38.6 Å². The lowest BCUT2D eigenvalue weighted by atomic mass is 10.1. The van der Waals surface area contributed by atoms with Crippen LogP contribution in [0, 0.1) is 0 Å². The second-order valence-electron chi connectivity index (χ2n) is 4.28. The van der Waals surface area contributed by atoms with Gasteiger partial charge in [-0.3, -0.25) is 14.8 Å². The highest BCUT2D eigenvalue weighted by atomic mass is 16.5. The molecule has 2 aliphatic rings. The lowest BCUT2D eigenvalue weighted by Gasteiger charge is -2.23. The zero-order chi connectivity index (χ0) is 14.2. The van der Waals surface area contributed by atoms with Crippen LogP contribution in [0.4, 0.5) is 0 Å². The molecule has 0 saturated carbocycles. The van der Waals surface area contributed by atoms with Crippen LogP contribution in [0.3, 0.4) is 0 Å². The molecule has 0 spiro atoms. The van der Waals surface area contributed by atoms with Gasteiger partial charge in [0.1, 0.15) is 12.4 Å². The fourth-order valence-electron chi connectivity index (χ4n) is 2.02. The number of hydroxylamine groups is 2. The summed E-state index contributed by atoms with van der Waals surface area (Å²) in [6.07, 6.45) is 6.19. The Labute approximate surface area is 110 Å². The zero-order valence-corrected chi connectivity index (χ0v) is 10.6. The van der Waals surface area contributed by atoms with Crippen molar-refractivity contribution in [2.45, 2.75) is 13.8 Å². The van der Waals surface area contributed by atoms with E-state index in [-0.39, 0.29) is 23.7 Å². The zero-order valence-electron chi connectivity index (χ0n) is 10.6. The van der Waals surface area contributed by atoms with Gasteiger partial charge in [0.15, 0.2) is 5.78 Å². The summed E-state index contributed by atoms with van der Waals surface area (Å²) in [5, 5.41) is 19.9. The molecule has 0 aromatic carbocycles. The highest BCUT2D eigenvalue weighted by molar-refractivity contribution is 6.08. The van der Waals surface area contributed by atoms with Gasteiger partial charge >= 0.3 is 5.97 Å². The predicted molar refractivity (Wildman–Crippen MR) is 66.7 cm³/mol. The van der Waals surface area contributed by atoms with Gasteiger partial charge in [0.2, 0.25) is 0 Å². The van der Waals surface area contributed by atoms with Crippen LogP contribution < -0.4 is 0 Å². The van der Waals surface area contributed by atoms with Crippen molar-refractivity contribution in [3.8, 4) is 0 Å². The number of carbonyl (C=O) groups is 2. The van der Waals surface area contributed by atoms with E-state index in [0.717, 1.165) is 5.06 Å². The average Bonchev–Trinajstić information content (AvgIpc) is 2.55. The van der Waals surface area contributed by atoms with Crippen molar-refractivity contribution in [1.82, 2.24) is 9.96 Å². The van der Waals surface area contributed by atoms with Crippen LogP contribution in [0.1, 0.15) is 13.8 Å². The van der Waals surface area contributed by atoms with E-state index in [0.29, 0.717) is 11.4 Å². The summed E-state index contributed by atoms with van der Waals surface area (Å²) in [5.74, 6) is -1.12. The molecule has 0 saturated heterocycles. The SMILES string of the molecule is CC1=C(C)N(CC(=O)O)C(=C2C=CC=CC2=O)N1O. The molecule has 6 heteroatoms. The molecule has 2 rings (SSSR count). The Morgan fingerprint density at radius 2 is 1.84 bits per heavy atom. The first-order valence-corrected chi connectivity index (χ1v) is 5.72. The molecule has 0 bridgehead atoms. The summed E-state index contributed by atoms with van der Waals surface area (Å²) in [4.78, 5) is 24.2. The van der Waals surface area contributed by atoms with Crippen molar-refractivity contribution >= 4 is 11.8 Å². The van der Waals surface area contributed by atoms with E-state index < -0.39 is 5.97 Å². The normalized spacial score (nSPS) is 22.8. The van der Waals surface area contributed by atoms with E-state index in [9.17, 15) is 14.8 Å². The van der Waals surface area contributed by atoms with Gasteiger partial charge in [-0.25, -0.2) is 5.06 Å². The van der Waals surface area contributed by atoms with Crippen LogP contribution in [0.15, 0.2) is 47.1 Å². The Hall–Kier alpha value is -2.34. The highest BCUT2D eigenvalue weighted by Crippen LogP contribution is 2.33. The van der Waals surface area contributed by atoms with Crippen LogP contribution in [0.5, 0.6) is 0 Å². The number of carbonyl (C=O) groups excluding carboxylic acids is 1. The van der Waals surface area contributed by atoms with Crippen LogP contribution >= 0.6 is 0 Å². The lowest BCUT2D eigenvalue weighted by molar-refractivity contribution is -0.138. The van der Waals surface area contributed by atoms with E-state index in [2.05, 4.69) is 0 Å². The van der Waals surface area contributed by atoms with Gasteiger partial charge in [-0.1, -0.05) is 12.2 Å². The van der Waals surface area contributed by atoms with E-state index in [4.69, 9.17) is 5.11 Å². The number of ketones is 1.